The average molecular weight is 355 g/mol. The van der Waals surface area contributed by atoms with Gasteiger partial charge in [-0.1, -0.05) is 6.07 Å². The van der Waals surface area contributed by atoms with Crippen molar-refractivity contribution in [1.29, 1.82) is 0 Å². The molecule has 0 bridgehead atoms. The number of piperazine rings is 1. The first kappa shape index (κ1) is 17.7. The summed E-state index contributed by atoms with van der Waals surface area (Å²) in [5.74, 6) is 0.242. The number of aromatic nitrogens is 5. The summed E-state index contributed by atoms with van der Waals surface area (Å²) in [5.41, 5.74) is 1.16. The minimum absolute atomic E-state index is 0.242. The van der Waals surface area contributed by atoms with Crippen molar-refractivity contribution in [3.05, 3.63) is 35.9 Å². The molecule has 3 heterocycles. The number of hydrogen-bond donors (Lipinski definition) is 0. The van der Waals surface area contributed by atoms with Crippen molar-refractivity contribution in [2.45, 2.75) is 32.2 Å². The molecule has 1 aliphatic rings. The number of rotatable bonds is 5. The third-order valence-corrected chi connectivity index (χ3v) is 4.42. The Hall–Kier alpha value is -2.07. The molecule has 0 radical (unpaired) electrons. The lowest BCUT2D eigenvalue weighted by molar-refractivity contribution is -0.143. The van der Waals surface area contributed by atoms with Crippen LogP contribution in [-0.2, 0) is 13.1 Å². The highest BCUT2D eigenvalue weighted by Gasteiger charge is 2.31. The smallest absolute Gasteiger partial charge is 0.294 e. The standard InChI is InChI=1S/C15H20F3N7/c1-12(13-3-2-4-19-9-13)24-7-5-23(6-8-24)10-14-20-21-22-25(14)11-15(16,17)18/h2-4,9,12H,5-8,10-11H2,1H3. The fourth-order valence-corrected chi connectivity index (χ4v) is 2.97. The van der Waals surface area contributed by atoms with Gasteiger partial charge in [-0.05, 0) is 29.0 Å². The quantitative estimate of drug-likeness (QED) is 0.810. The molecule has 7 nitrogen and oxygen atoms in total. The molecule has 0 spiro atoms. The van der Waals surface area contributed by atoms with Gasteiger partial charge in [0.1, 0.15) is 6.54 Å². The summed E-state index contributed by atoms with van der Waals surface area (Å²) < 4.78 is 38.4. The third-order valence-electron chi connectivity index (χ3n) is 4.42. The molecule has 0 aliphatic carbocycles. The Morgan fingerprint density at radius 1 is 1.20 bits per heavy atom. The number of hydrogen-bond acceptors (Lipinski definition) is 6. The fraction of sp³-hybridized carbons (Fsp3) is 0.600. The van der Waals surface area contributed by atoms with Crippen LogP contribution in [0, 0.1) is 0 Å². The van der Waals surface area contributed by atoms with Crippen molar-refractivity contribution in [2.24, 2.45) is 0 Å². The maximum atomic E-state index is 12.5. The van der Waals surface area contributed by atoms with Crippen molar-refractivity contribution >= 4 is 0 Å². The zero-order chi connectivity index (χ0) is 17.9. The van der Waals surface area contributed by atoms with Crippen LogP contribution in [-0.4, -0.2) is 67.3 Å². The van der Waals surface area contributed by atoms with Crippen molar-refractivity contribution < 1.29 is 13.2 Å². The van der Waals surface area contributed by atoms with E-state index in [-0.39, 0.29) is 11.9 Å². The molecule has 10 heteroatoms. The van der Waals surface area contributed by atoms with Crippen LogP contribution in [0.25, 0.3) is 0 Å². The Morgan fingerprint density at radius 3 is 2.60 bits per heavy atom. The molecular formula is C15H20F3N7. The summed E-state index contributed by atoms with van der Waals surface area (Å²) in [4.78, 5) is 8.56. The lowest BCUT2D eigenvalue weighted by Crippen LogP contribution is -2.47. The van der Waals surface area contributed by atoms with Gasteiger partial charge in [-0.25, -0.2) is 4.68 Å². The van der Waals surface area contributed by atoms with E-state index in [2.05, 4.69) is 43.3 Å². The summed E-state index contributed by atoms with van der Waals surface area (Å²) >= 11 is 0. The van der Waals surface area contributed by atoms with Gasteiger partial charge in [-0.3, -0.25) is 14.8 Å². The Labute approximate surface area is 143 Å². The van der Waals surface area contributed by atoms with Gasteiger partial charge >= 0.3 is 6.18 Å². The summed E-state index contributed by atoms with van der Waals surface area (Å²) in [7, 11) is 0. The van der Waals surface area contributed by atoms with Gasteiger partial charge in [-0.2, -0.15) is 13.2 Å². The predicted octanol–water partition coefficient (Wildman–Crippen LogP) is 1.51. The minimum atomic E-state index is -4.33. The Morgan fingerprint density at radius 2 is 1.96 bits per heavy atom. The summed E-state index contributed by atoms with van der Waals surface area (Å²) in [6.45, 7) is 4.46. The monoisotopic (exact) mass is 355 g/mol. The van der Waals surface area contributed by atoms with Crippen molar-refractivity contribution in [2.75, 3.05) is 26.2 Å². The zero-order valence-corrected chi connectivity index (χ0v) is 13.9. The lowest BCUT2D eigenvalue weighted by atomic mass is 10.1. The second kappa shape index (κ2) is 7.44. The summed E-state index contributed by atoms with van der Waals surface area (Å²) in [6, 6.07) is 4.23. The Bertz CT molecular complexity index is 665. The Balaban J connectivity index is 1.54. The van der Waals surface area contributed by atoms with Gasteiger partial charge in [-0.15, -0.1) is 5.10 Å². The molecule has 0 amide bonds. The van der Waals surface area contributed by atoms with Crippen LogP contribution in [0.4, 0.5) is 13.2 Å². The van der Waals surface area contributed by atoms with E-state index in [0.29, 0.717) is 6.54 Å². The lowest BCUT2D eigenvalue weighted by Gasteiger charge is -2.37. The highest BCUT2D eigenvalue weighted by Crippen LogP contribution is 2.21. The number of nitrogens with zero attached hydrogens (tertiary/aromatic N) is 7. The molecule has 136 valence electrons. The Kier molecular flexibility index (Phi) is 5.28. The van der Waals surface area contributed by atoms with Crippen LogP contribution in [0.3, 0.4) is 0 Å². The minimum Gasteiger partial charge on any atom is -0.294 e. The molecule has 1 saturated heterocycles. The normalized spacial score (nSPS) is 18.4. The predicted molar refractivity (Wildman–Crippen MR) is 83.4 cm³/mol. The van der Waals surface area contributed by atoms with E-state index in [4.69, 9.17) is 0 Å². The van der Waals surface area contributed by atoms with Crippen molar-refractivity contribution in [1.82, 2.24) is 35.0 Å². The number of alkyl halides is 3. The van der Waals surface area contributed by atoms with E-state index in [1.807, 2.05) is 12.3 Å². The van der Waals surface area contributed by atoms with E-state index in [0.717, 1.165) is 36.4 Å². The first-order valence-corrected chi connectivity index (χ1v) is 8.10. The SMILES string of the molecule is CC(c1cccnc1)N1CCN(Cc2nnnn2CC(F)(F)F)CC1. The first-order chi connectivity index (χ1) is 11.9. The van der Waals surface area contributed by atoms with E-state index in [1.165, 1.54) is 0 Å². The molecule has 3 rings (SSSR count). The van der Waals surface area contributed by atoms with E-state index in [1.54, 1.807) is 6.20 Å². The molecule has 1 aliphatic heterocycles. The number of halogens is 3. The number of pyridine rings is 1. The second-order valence-electron chi connectivity index (χ2n) is 6.14. The van der Waals surface area contributed by atoms with Crippen LogP contribution < -0.4 is 0 Å². The second-order valence-corrected chi connectivity index (χ2v) is 6.14. The molecule has 0 N–H and O–H groups in total. The maximum Gasteiger partial charge on any atom is 0.408 e. The van der Waals surface area contributed by atoms with Crippen LogP contribution >= 0.6 is 0 Å². The highest BCUT2D eigenvalue weighted by atomic mass is 19.4. The van der Waals surface area contributed by atoms with Gasteiger partial charge in [0.2, 0.25) is 0 Å². The van der Waals surface area contributed by atoms with Gasteiger partial charge < -0.3 is 0 Å². The van der Waals surface area contributed by atoms with Gasteiger partial charge in [0.15, 0.2) is 5.82 Å². The zero-order valence-electron chi connectivity index (χ0n) is 13.9. The van der Waals surface area contributed by atoms with Gasteiger partial charge in [0.25, 0.3) is 0 Å². The first-order valence-electron chi connectivity index (χ1n) is 8.10. The van der Waals surface area contributed by atoms with Crippen molar-refractivity contribution in [3.8, 4) is 0 Å². The van der Waals surface area contributed by atoms with Crippen LogP contribution in [0.2, 0.25) is 0 Å². The molecule has 0 aromatic carbocycles. The fourth-order valence-electron chi connectivity index (χ4n) is 2.97. The van der Waals surface area contributed by atoms with E-state index in [9.17, 15) is 13.2 Å². The third kappa shape index (κ3) is 4.73. The largest absolute Gasteiger partial charge is 0.408 e. The van der Waals surface area contributed by atoms with Crippen LogP contribution in [0.15, 0.2) is 24.5 Å². The van der Waals surface area contributed by atoms with Gasteiger partial charge in [0.05, 0.1) is 6.54 Å². The summed E-state index contributed by atoms with van der Waals surface area (Å²) in [5, 5.41) is 10.5. The van der Waals surface area contributed by atoms with Crippen LogP contribution in [0.5, 0.6) is 0 Å². The van der Waals surface area contributed by atoms with E-state index < -0.39 is 12.7 Å². The highest BCUT2D eigenvalue weighted by molar-refractivity contribution is 5.13. The van der Waals surface area contributed by atoms with E-state index >= 15 is 0 Å². The molecule has 0 saturated carbocycles. The molecule has 1 unspecified atom stereocenters. The summed E-state index contributed by atoms with van der Waals surface area (Å²) in [6.07, 6.45) is -0.719. The number of tetrazole rings is 1. The topological polar surface area (TPSA) is 63.0 Å². The molecule has 1 atom stereocenters. The van der Waals surface area contributed by atoms with Crippen LogP contribution in [0.1, 0.15) is 24.4 Å². The van der Waals surface area contributed by atoms with Gasteiger partial charge in [0, 0.05) is 44.6 Å². The molecule has 2 aromatic heterocycles. The molecule has 2 aromatic rings. The average Bonchev–Trinajstić information content (AvgIpc) is 3.00. The molecule has 25 heavy (non-hydrogen) atoms. The van der Waals surface area contributed by atoms with Crippen molar-refractivity contribution in [3.63, 3.8) is 0 Å². The molecular weight excluding hydrogens is 335 g/mol. The molecule has 1 fully saturated rings. The maximum absolute atomic E-state index is 12.5.